The SMILES string of the molecule is CC1(C)CCCc2ccc(C(=O)C=Cc3ccc(C(=O)O)cc3)cc21. The van der Waals surface area contributed by atoms with Crippen LogP contribution in [0.2, 0.25) is 0 Å². The minimum Gasteiger partial charge on any atom is -0.478 e. The quantitative estimate of drug-likeness (QED) is 0.639. The molecule has 3 heteroatoms. The van der Waals surface area contributed by atoms with Crippen molar-refractivity contribution in [3.8, 4) is 0 Å². The van der Waals surface area contributed by atoms with Gasteiger partial charge in [-0.05, 0) is 65.6 Å². The lowest BCUT2D eigenvalue weighted by Crippen LogP contribution is -2.24. The number of aryl methyl sites for hydroxylation is 1. The topological polar surface area (TPSA) is 54.4 Å². The van der Waals surface area contributed by atoms with Gasteiger partial charge in [-0.15, -0.1) is 0 Å². The van der Waals surface area contributed by atoms with Crippen molar-refractivity contribution >= 4 is 17.8 Å². The summed E-state index contributed by atoms with van der Waals surface area (Å²) < 4.78 is 0. The molecule has 0 saturated carbocycles. The fourth-order valence-corrected chi connectivity index (χ4v) is 3.44. The Balaban J connectivity index is 1.80. The second-order valence-corrected chi connectivity index (χ2v) is 7.23. The normalized spacial score (nSPS) is 15.8. The molecule has 2 aromatic rings. The number of ketones is 1. The van der Waals surface area contributed by atoms with E-state index < -0.39 is 5.97 Å². The van der Waals surface area contributed by atoms with Crippen LogP contribution in [0.15, 0.2) is 48.5 Å². The van der Waals surface area contributed by atoms with Crippen molar-refractivity contribution in [1.82, 2.24) is 0 Å². The van der Waals surface area contributed by atoms with Crippen LogP contribution in [0.3, 0.4) is 0 Å². The van der Waals surface area contributed by atoms with Gasteiger partial charge < -0.3 is 5.11 Å². The van der Waals surface area contributed by atoms with Gasteiger partial charge in [-0.25, -0.2) is 4.79 Å². The first-order valence-electron chi connectivity index (χ1n) is 8.56. The van der Waals surface area contributed by atoms with Crippen LogP contribution in [0.4, 0.5) is 0 Å². The maximum atomic E-state index is 12.5. The fraction of sp³-hybridized carbons (Fsp3) is 0.273. The largest absolute Gasteiger partial charge is 0.478 e. The minimum absolute atomic E-state index is 0.0357. The first-order chi connectivity index (χ1) is 11.9. The predicted octanol–water partition coefficient (Wildman–Crippen LogP) is 4.89. The van der Waals surface area contributed by atoms with Crippen LogP contribution in [0.5, 0.6) is 0 Å². The zero-order valence-corrected chi connectivity index (χ0v) is 14.6. The number of hydrogen-bond acceptors (Lipinski definition) is 2. The second kappa shape index (κ2) is 6.67. The van der Waals surface area contributed by atoms with Crippen LogP contribution in [0.1, 0.15) is 64.1 Å². The van der Waals surface area contributed by atoms with E-state index in [9.17, 15) is 9.59 Å². The highest BCUT2D eigenvalue weighted by atomic mass is 16.4. The Bertz CT molecular complexity index is 842. The number of benzene rings is 2. The van der Waals surface area contributed by atoms with Gasteiger partial charge >= 0.3 is 5.97 Å². The van der Waals surface area contributed by atoms with Crippen LogP contribution in [-0.4, -0.2) is 16.9 Å². The standard InChI is InChI=1S/C22H22O3/c1-22(2)13-3-4-16-10-11-18(14-19(16)22)20(23)12-7-15-5-8-17(9-6-15)21(24)25/h5-12,14H,3-4,13H2,1-2H3,(H,24,25). The molecule has 0 aromatic heterocycles. The molecule has 3 rings (SSSR count). The van der Waals surface area contributed by atoms with Gasteiger partial charge in [0.15, 0.2) is 5.78 Å². The molecular formula is C22H22O3. The number of allylic oxidation sites excluding steroid dienone is 1. The second-order valence-electron chi connectivity index (χ2n) is 7.23. The van der Waals surface area contributed by atoms with E-state index in [2.05, 4.69) is 19.9 Å². The van der Waals surface area contributed by atoms with Crippen LogP contribution in [0.25, 0.3) is 6.08 Å². The molecule has 0 fully saturated rings. The first kappa shape index (κ1) is 17.2. The number of hydrogen-bond donors (Lipinski definition) is 1. The Morgan fingerprint density at radius 3 is 2.40 bits per heavy atom. The lowest BCUT2D eigenvalue weighted by atomic mass is 9.72. The molecule has 1 aliphatic carbocycles. The molecular weight excluding hydrogens is 312 g/mol. The summed E-state index contributed by atoms with van der Waals surface area (Å²) >= 11 is 0. The number of carbonyl (C=O) groups is 2. The molecule has 0 spiro atoms. The van der Waals surface area contributed by atoms with Crippen LogP contribution >= 0.6 is 0 Å². The van der Waals surface area contributed by atoms with Crippen molar-refractivity contribution in [2.75, 3.05) is 0 Å². The summed E-state index contributed by atoms with van der Waals surface area (Å²) in [5.41, 5.74) is 4.48. The highest BCUT2D eigenvalue weighted by Crippen LogP contribution is 2.37. The zero-order chi connectivity index (χ0) is 18.0. The van der Waals surface area contributed by atoms with Crippen LogP contribution in [-0.2, 0) is 11.8 Å². The molecule has 128 valence electrons. The number of carboxylic acid groups (broad SMARTS) is 1. The van der Waals surface area contributed by atoms with E-state index >= 15 is 0 Å². The fourth-order valence-electron chi connectivity index (χ4n) is 3.44. The Morgan fingerprint density at radius 2 is 1.72 bits per heavy atom. The van der Waals surface area contributed by atoms with Gasteiger partial charge in [0.25, 0.3) is 0 Å². The third-order valence-corrected chi connectivity index (χ3v) is 4.96. The molecule has 0 saturated heterocycles. The number of aromatic carboxylic acids is 1. The van der Waals surface area contributed by atoms with Gasteiger partial charge in [0.1, 0.15) is 0 Å². The first-order valence-corrected chi connectivity index (χ1v) is 8.56. The molecule has 0 aliphatic heterocycles. The Kier molecular flexibility index (Phi) is 4.58. The van der Waals surface area contributed by atoms with E-state index in [1.807, 2.05) is 12.1 Å². The van der Waals surface area contributed by atoms with Gasteiger partial charge in [0, 0.05) is 5.56 Å². The lowest BCUT2D eigenvalue weighted by Gasteiger charge is -2.32. The molecule has 25 heavy (non-hydrogen) atoms. The zero-order valence-electron chi connectivity index (χ0n) is 14.6. The summed E-state index contributed by atoms with van der Waals surface area (Å²) in [4.78, 5) is 23.4. The summed E-state index contributed by atoms with van der Waals surface area (Å²) in [5.74, 6) is -0.991. The number of carboxylic acids is 1. The third kappa shape index (κ3) is 3.71. The molecule has 2 aromatic carbocycles. The molecule has 1 aliphatic rings. The van der Waals surface area contributed by atoms with E-state index in [-0.39, 0.29) is 16.8 Å². The van der Waals surface area contributed by atoms with Gasteiger partial charge in [0.2, 0.25) is 0 Å². The summed E-state index contributed by atoms with van der Waals surface area (Å²) in [6.45, 7) is 4.47. The van der Waals surface area contributed by atoms with E-state index in [0.29, 0.717) is 5.56 Å². The smallest absolute Gasteiger partial charge is 0.335 e. The monoisotopic (exact) mass is 334 g/mol. The van der Waals surface area contributed by atoms with E-state index in [1.54, 1.807) is 24.3 Å². The van der Waals surface area contributed by atoms with E-state index in [0.717, 1.165) is 18.4 Å². The van der Waals surface area contributed by atoms with Gasteiger partial charge in [-0.3, -0.25) is 4.79 Å². The molecule has 0 heterocycles. The number of carbonyl (C=O) groups excluding carboxylic acids is 1. The van der Waals surface area contributed by atoms with Crippen LogP contribution < -0.4 is 0 Å². The van der Waals surface area contributed by atoms with Crippen molar-refractivity contribution in [2.24, 2.45) is 0 Å². The van der Waals surface area contributed by atoms with Crippen molar-refractivity contribution in [3.05, 3.63) is 76.4 Å². The van der Waals surface area contributed by atoms with E-state index in [1.165, 1.54) is 29.7 Å². The van der Waals surface area contributed by atoms with Crippen molar-refractivity contribution in [1.29, 1.82) is 0 Å². The molecule has 0 atom stereocenters. The minimum atomic E-state index is -0.955. The van der Waals surface area contributed by atoms with Gasteiger partial charge in [-0.2, -0.15) is 0 Å². The van der Waals surface area contributed by atoms with Crippen molar-refractivity contribution in [2.45, 2.75) is 38.5 Å². The van der Waals surface area contributed by atoms with Crippen LogP contribution in [0, 0.1) is 0 Å². The lowest BCUT2D eigenvalue weighted by molar-refractivity contribution is 0.0696. The van der Waals surface area contributed by atoms with Crippen molar-refractivity contribution in [3.63, 3.8) is 0 Å². The maximum Gasteiger partial charge on any atom is 0.335 e. The average molecular weight is 334 g/mol. The third-order valence-electron chi connectivity index (χ3n) is 4.96. The Morgan fingerprint density at radius 1 is 1.04 bits per heavy atom. The summed E-state index contributed by atoms with van der Waals surface area (Å²) in [5, 5.41) is 8.91. The Hall–Kier alpha value is -2.68. The Labute approximate surface area is 148 Å². The molecule has 0 amide bonds. The maximum absolute atomic E-state index is 12.5. The van der Waals surface area contributed by atoms with Gasteiger partial charge in [0.05, 0.1) is 5.56 Å². The number of rotatable bonds is 4. The molecule has 3 nitrogen and oxygen atoms in total. The summed E-state index contributed by atoms with van der Waals surface area (Å²) in [6.07, 6.45) is 6.69. The highest BCUT2D eigenvalue weighted by molar-refractivity contribution is 6.07. The summed E-state index contributed by atoms with van der Waals surface area (Å²) in [6, 6.07) is 12.5. The molecule has 0 bridgehead atoms. The summed E-state index contributed by atoms with van der Waals surface area (Å²) in [7, 11) is 0. The highest BCUT2D eigenvalue weighted by Gasteiger charge is 2.27. The van der Waals surface area contributed by atoms with Gasteiger partial charge in [-0.1, -0.05) is 44.2 Å². The number of fused-ring (bicyclic) bond motifs is 1. The molecule has 0 radical (unpaired) electrons. The average Bonchev–Trinajstić information content (AvgIpc) is 2.59. The molecule has 1 N–H and O–H groups in total. The molecule has 0 unspecified atom stereocenters. The van der Waals surface area contributed by atoms with E-state index in [4.69, 9.17) is 5.11 Å². The van der Waals surface area contributed by atoms with Crippen molar-refractivity contribution < 1.29 is 14.7 Å². The predicted molar refractivity (Wildman–Crippen MR) is 99.2 cm³/mol.